The van der Waals surface area contributed by atoms with Gasteiger partial charge in [-0.3, -0.25) is 0 Å². The van der Waals surface area contributed by atoms with Gasteiger partial charge in [-0.2, -0.15) is 0 Å². The van der Waals surface area contributed by atoms with Crippen molar-refractivity contribution >= 4 is 6.08 Å². The van der Waals surface area contributed by atoms with E-state index in [1.807, 2.05) is 24.3 Å². The molecule has 0 amide bonds. The molecule has 2 saturated heterocycles. The SMILES string of the molecule is COC=Cc1ccc(OC2CCCCO2)cc1OC1CCCCO1. The molecule has 0 N–H and O–H groups in total. The van der Waals surface area contributed by atoms with Crippen LogP contribution in [0.3, 0.4) is 0 Å². The molecule has 1 aromatic rings. The zero-order valence-corrected chi connectivity index (χ0v) is 14.2. The quantitative estimate of drug-likeness (QED) is 0.733. The van der Waals surface area contributed by atoms with Crippen LogP contribution in [0.2, 0.25) is 0 Å². The minimum atomic E-state index is -0.199. The molecule has 2 aliphatic heterocycles. The number of hydrogen-bond donors (Lipinski definition) is 0. The van der Waals surface area contributed by atoms with Crippen molar-refractivity contribution < 1.29 is 23.7 Å². The topological polar surface area (TPSA) is 46.2 Å². The highest BCUT2D eigenvalue weighted by Gasteiger charge is 2.19. The van der Waals surface area contributed by atoms with Gasteiger partial charge in [0.2, 0.25) is 0 Å². The van der Waals surface area contributed by atoms with Gasteiger partial charge < -0.3 is 23.7 Å². The number of benzene rings is 1. The summed E-state index contributed by atoms with van der Waals surface area (Å²) in [5, 5.41) is 0. The van der Waals surface area contributed by atoms with E-state index in [2.05, 4.69) is 0 Å². The Labute approximate surface area is 143 Å². The largest absolute Gasteiger partial charge is 0.504 e. The second-order valence-corrected chi connectivity index (χ2v) is 6.07. The molecule has 5 nitrogen and oxygen atoms in total. The highest BCUT2D eigenvalue weighted by atomic mass is 16.7. The summed E-state index contributed by atoms with van der Waals surface area (Å²) >= 11 is 0. The van der Waals surface area contributed by atoms with Gasteiger partial charge in [0.25, 0.3) is 0 Å². The zero-order valence-electron chi connectivity index (χ0n) is 14.2. The molecule has 0 bridgehead atoms. The molecule has 2 atom stereocenters. The van der Waals surface area contributed by atoms with Gasteiger partial charge in [0.1, 0.15) is 11.5 Å². The van der Waals surface area contributed by atoms with Crippen molar-refractivity contribution in [3.63, 3.8) is 0 Å². The second-order valence-electron chi connectivity index (χ2n) is 6.07. The fraction of sp³-hybridized carbons (Fsp3) is 0.579. The number of methoxy groups -OCH3 is 1. The lowest BCUT2D eigenvalue weighted by molar-refractivity contribution is -0.109. The molecule has 2 fully saturated rings. The first-order valence-electron chi connectivity index (χ1n) is 8.75. The third kappa shape index (κ3) is 4.89. The van der Waals surface area contributed by atoms with Crippen LogP contribution in [0.1, 0.15) is 44.1 Å². The van der Waals surface area contributed by atoms with Gasteiger partial charge in [0.15, 0.2) is 12.6 Å². The van der Waals surface area contributed by atoms with E-state index in [1.54, 1.807) is 13.4 Å². The molecule has 3 rings (SSSR count). The van der Waals surface area contributed by atoms with Crippen LogP contribution in [-0.2, 0) is 14.2 Å². The number of hydrogen-bond acceptors (Lipinski definition) is 5. The average Bonchev–Trinajstić information content (AvgIpc) is 2.63. The maximum Gasteiger partial charge on any atom is 0.199 e. The highest BCUT2D eigenvalue weighted by molar-refractivity contribution is 5.58. The van der Waals surface area contributed by atoms with Crippen LogP contribution in [0.15, 0.2) is 24.5 Å². The standard InChI is InChI=1S/C19H26O5/c1-20-13-10-15-8-9-16(23-18-6-2-4-11-21-18)14-17(15)24-19-7-3-5-12-22-19/h8-10,13-14,18-19H,2-7,11-12H2,1H3. The molecule has 0 saturated carbocycles. The molecule has 24 heavy (non-hydrogen) atoms. The summed E-state index contributed by atoms with van der Waals surface area (Å²) in [5.41, 5.74) is 0.933. The summed E-state index contributed by atoms with van der Waals surface area (Å²) in [7, 11) is 1.62. The minimum Gasteiger partial charge on any atom is -0.504 e. The van der Waals surface area contributed by atoms with Crippen molar-refractivity contribution in [1.29, 1.82) is 0 Å². The Morgan fingerprint density at radius 3 is 2.29 bits per heavy atom. The Balaban J connectivity index is 1.72. The van der Waals surface area contributed by atoms with E-state index in [4.69, 9.17) is 23.7 Å². The first-order valence-corrected chi connectivity index (χ1v) is 8.75. The van der Waals surface area contributed by atoms with E-state index in [1.165, 1.54) is 0 Å². The Bertz CT molecular complexity index is 531. The second kappa shape index (κ2) is 8.94. The van der Waals surface area contributed by atoms with Crippen molar-refractivity contribution in [3.05, 3.63) is 30.0 Å². The van der Waals surface area contributed by atoms with E-state index in [0.29, 0.717) is 0 Å². The number of ether oxygens (including phenoxy) is 5. The van der Waals surface area contributed by atoms with E-state index < -0.39 is 0 Å². The monoisotopic (exact) mass is 334 g/mol. The predicted molar refractivity (Wildman–Crippen MR) is 90.9 cm³/mol. The van der Waals surface area contributed by atoms with Crippen LogP contribution in [0.5, 0.6) is 11.5 Å². The molecule has 2 heterocycles. The van der Waals surface area contributed by atoms with E-state index in [9.17, 15) is 0 Å². The molecule has 0 spiro atoms. The summed E-state index contributed by atoms with van der Waals surface area (Å²) < 4.78 is 28.4. The van der Waals surface area contributed by atoms with Crippen LogP contribution in [0.4, 0.5) is 0 Å². The van der Waals surface area contributed by atoms with Crippen molar-refractivity contribution in [2.24, 2.45) is 0 Å². The number of rotatable bonds is 6. The van der Waals surface area contributed by atoms with Gasteiger partial charge >= 0.3 is 0 Å². The lowest BCUT2D eigenvalue weighted by Crippen LogP contribution is -2.26. The average molecular weight is 334 g/mol. The van der Waals surface area contributed by atoms with Crippen LogP contribution in [0, 0.1) is 0 Å². The van der Waals surface area contributed by atoms with Gasteiger partial charge in [-0.05, 0) is 43.9 Å². The van der Waals surface area contributed by atoms with Crippen LogP contribution in [0.25, 0.3) is 6.08 Å². The minimum absolute atomic E-state index is 0.169. The maximum atomic E-state index is 6.06. The molecular weight excluding hydrogens is 308 g/mol. The fourth-order valence-electron chi connectivity index (χ4n) is 2.87. The van der Waals surface area contributed by atoms with Crippen molar-refractivity contribution in [3.8, 4) is 11.5 Å². The third-order valence-corrected chi connectivity index (χ3v) is 4.17. The first kappa shape index (κ1) is 17.1. The predicted octanol–water partition coefficient (Wildman–Crippen LogP) is 4.11. The molecule has 2 unspecified atom stereocenters. The van der Waals surface area contributed by atoms with Gasteiger partial charge in [0, 0.05) is 24.5 Å². The van der Waals surface area contributed by atoms with E-state index in [-0.39, 0.29) is 12.6 Å². The smallest absolute Gasteiger partial charge is 0.199 e. The molecule has 0 aromatic heterocycles. The zero-order chi connectivity index (χ0) is 16.6. The Kier molecular flexibility index (Phi) is 6.38. The molecule has 5 heteroatoms. The normalized spacial score (nSPS) is 24.7. The molecule has 2 aliphatic rings. The van der Waals surface area contributed by atoms with Crippen molar-refractivity contribution in [2.45, 2.75) is 51.1 Å². The molecule has 0 aliphatic carbocycles. The van der Waals surface area contributed by atoms with E-state index >= 15 is 0 Å². The highest BCUT2D eigenvalue weighted by Crippen LogP contribution is 2.30. The van der Waals surface area contributed by atoms with Gasteiger partial charge in [-0.25, -0.2) is 0 Å². The van der Waals surface area contributed by atoms with Gasteiger partial charge in [-0.15, -0.1) is 0 Å². The Morgan fingerprint density at radius 2 is 1.67 bits per heavy atom. The van der Waals surface area contributed by atoms with Gasteiger partial charge in [-0.1, -0.05) is 0 Å². The van der Waals surface area contributed by atoms with Crippen LogP contribution >= 0.6 is 0 Å². The first-order chi connectivity index (χ1) is 11.8. The Hall–Kier alpha value is -1.72. The van der Waals surface area contributed by atoms with Crippen LogP contribution in [-0.4, -0.2) is 32.9 Å². The molecule has 0 radical (unpaired) electrons. The molecular formula is C19H26O5. The summed E-state index contributed by atoms with van der Waals surface area (Å²) in [6.07, 6.45) is 9.43. The van der Waals surface area contributed by atoms with Crippen molar-refractivity contribution in [1.82, 2.24) is 0 Å². The van der Waals surface area contributed by atoms with Crippen LogP contribution < -0.4 is 9.47 Å². The van der Waals surface area contributed by atoms with E-state index in [0.717, 1.165) is 68.8 Å². The summed E-state index contributed by atoms with van der Waals surface area (Å²) in [6.45, 7) is 1.51. The molecule has 132 valence electrons. The summed E-state index contributed by atoms with van der Waals surface area (Å²) in [6, 6.07) is 5.80. The van der Waals surface area contributed by atoms with Gasteiger partial charge in [0.05, 0.1) is 26.6 Å². The third-order valence-electron chi connectivity index (χ3n) is 4.17. The maximum absolute atomic E-state index is 6.06. The van der Waals surface area contributed by atoms with Crippen molar-refractivity contribution in [2.75, 3.05) is 20.3 Å². The summed E-state index contributed by atoms with van der Waals surface area (Å²) in [4.78, 5) is 0. The Morgan fingerprint density at radius 1 is 0.958 bits per heavy atom. The lowest BCUT2D eigenvalue weighted by Gasteiger charge is -2.26. The fourth-order valence-corrected chi connectivity index (χ4v) is 2.87. The summed E-state index contributed by atoms with van der Waals surface area (Å²) in [5.74, 6) is 1.49. The lowest BCUT2D eigenvalue weighted by atomic mass is 10.1. The molecule has 1 aromatic carbocycles.